The van der Waals surface area contributed by atoms with E-state index in [2.05, 4.69) is 10.3 Å². The van der Waals surface area contributed by atoms with Gasteiger partial charge in [0, 0.05) is 5.69 Å². The van der Waals surface area contributed by atoms with Gasteiger partial charge in [0.2, 0.25) is 5.91 Å². The van der Waals surface area contributed by atoms with Crippen molar-refractivity contribution >= 4 is 28.2 Å². The summed E-state index contributed by atoms with van der Waals surface area (Å²) in [4.78, 5) is 28.5. The summed E-state index contributed by atoms with van der Waals surface area (Å²) in [5.74, 6) is -1.07. The Balaban J connectivity index is 1.87. The lowest BCUT2D eigenvalue weighted by molar-refractivity contribution is -0.116. The van der Waals surface area contributed by atoms with Gasteiger partial charge in [0.15, 0.2) is 0 Å². The summed E-state index contributed by atoms with van der Waals surface area (Å²) in [6.45, 7) is -0.273. The third-order valence-electron chi connectivity index (χ3n) is 3.31. The molecule has 0 bridgehead atoms. The minimum Gasteiger partial charge on any atom is -0.399 e. The van der Waals surface area contributed by atoms with Gasteiger partial charge in [-0.1, -0.05) is 12.1 Å². The van der Waals surface area contributed by atoms with Gasteiger partial charge >= 0.3 is 0 Å². The number of rotatable bonds is 3. The predicted octanol–water partition coefficient (Wildman–Crippen LogP) is 1.76. The molecule has 1 aromatic heterocycles. The molecule has 1 heterocycles. The number of anilines is 2. The van der Waals surface area contributed by atoms with E-state index in [1.54, 1.807) is 18.2 Å². The molecule has 0 spiro atoms. The van der Waals surface area contributed by atoms with Crippen LogP contribution in [0, 0.1) is 5.82 Å². The quantitative estimate of drug-likeness (QED) is 0.721. The first-order valence-corrected chi connectivity index (χ1v) is 6.83. The Morgan fingerprint density at radius 3 is 2.83 bits per heavy atom. The Bertz CT molecular complexity index is 952. The van der Waals surface area contributed by atoms with E-state index >= 15 is 0 Å². The topological polar surface area (TPSA) is 90.0 Å². The highest BCUT2D eigenvalue weighted by Gasteiger charge is 2.10. The summed E-state index contributed by atoms with van der Waals surface area (Å²) in [5.41, 5.74) is 6.27. The summed E-state index contributed by atoms with van der Waals surface area (Å²) in [6.07, 6.45) is 1.28. The van der Waals surface area contributed by atoms with Gasteiger partial charge in [-0.2, -0.15) is 0 Å². The zero-order chi connectivity index (χ0) is 16.4. The van der Waals surface area contributed by atoms with E-state index in [0.717, 1.165) is 4.57 Å². The smallest absolute Gasteiger partial charge is 0.261 e. The first-order valence-electron chi connectivity index (χ1n) is 6.83. The second-order valence-electron chi connectivity index (χ2n) is 4.98. The van der Waals surface area contributed by atoms with E-state index in [1.807, 2.05) is 0 Å². The fourth-order valence-electron chi connectivity index (χ4n) is 2.20. The number of nitrogens with two attached hydrogens (primary N) is 1. The van der Waals surface area contributed by atoms with Crippen molar-refractivity contribution in [3.05, 3.63) is 65.0 Å². The molecular weight excluding hydrogens is 299 g/mol. The molecule has 0 radical (unpaired) electrons. The molecule has 3 aromatic rings. The Morgan fingerprint density at radius 1 is 1.26 bits per heavy atom. The highest BCUT2D eigenvalue weighted by atomic mass is 19.1. The van der Waals surface area contributed by atoms with Gasteiger partial charge in [-0.3, -0.25) is 14.2 Å². The molecule has 0 aliphatic carbocycles. The largest absolute Gasteiger partial charge is 0.399 e. The third-order valence-corrected chi connectivity index (χ3v) is 3.31. The second kappa shape index (κ2) is 5.88. The number of nitrogen functional groups attached to an aromatic ring is 1. The maximum Gasteiger partial charge on any atom is 0.261 e. The maximum atomic E-state index is 13.5. The number of carbonyl (C=O) groups is 1. The van der Waals surface area contributed by atoms with Gasteiger partial charge in [-0.15, -0.1) is 0 Å². The second-order valence-corrected chi connectivity index (χ2v) is 4.98. The van der Waals surface area contributed by atoms with Gasteiger partial charge in [0.25, 0.3) is 5.56 Å². The van der Waals surface area contributed by atoms with Crippen LogP contribution in [-0.2, 0) is 11.3 Å². The van der Waals surface area contributed by atoms with Crippen LogP contribution in [0.15, 0.2) is 53.6 Å². The van der Waals surface area contributed by atoms with E-state index in [1.165, 1.54) is 30.6 Å². The molecule has 0 aliphatic heterocycles. The Hall–Kier alpha value is -3.22. The van der Waals surface area contributed by atoms with Crippen LogP contribution < -0.4 is 16.6 Å². The average molecular weight is 312 g/mol. The average Bonchev–Trinajstić information content (AvgIpc) is 2.53. The van der Waals surface area contributed by atoms with Crippen molar-refractivity contribution < 1.29 is 9.18 Å². The minimum absolute atomic E-state index is 0.0588. The van der Waals surface area contributed by atoms with E-state index in [-0.39, 0.29) is 17.8 Å². The summed E-state index contributed by atoms with van der Waals surface area (Å²) >= 11 is 0. The standard InChI is InChI=1S/C16H13FN4O2/c17-12-3-1-2-4-14(12)20-15(22)8-21-9-19-13-6-5-10(18)7-11(13)16(21)23/h1-7,9H,8,18H2,(H,20,22). The lowest BCUT2D eigenvalue weighted by Crippen LogP contribution is -2.28. The number of hydrogen-bond donors (Lipinski definition) is 2. The molecule has 0 atom stereocenters. The number of aromatic nitrogens is 2. The number of fused-ring (bicyclic) bond motifs is 1. The molecular formula is C16H13FN4O2. The normalized spacial score (nSPS) is 10.7. The molecule has 1 amide bonds. The number of hydrogen-bond acceptors (Lipinski definition) is 4. The maximum absolute atomic E-state index is 13.5. The number of nitrogens with one attached hydrogen (secondary N) is 1. The minimum atomic E-state index is -0.544. The number of carbonyl (C=O) groups excluding carboxylic acids is 1. The highest BCUT2D eigenvalue weighted by molar-refractivity contribution is 5.91. The molecule has 0 saturated heterocycles. The van der Waals surface area contributed by atoms with E-state index in [0.29, 0.717) is 16.6 Å². The lowest BCUT2D eigenvalue weighted by atomic mass is 10.2. The van der Waals surface area contributed by atoms with Crippen molar-refractivity contribution in [2.24, 2.45) is 0 Å². The van der Waals surface area contributed by atoms with Crippen molar-refractivity contribution in [2.45, 2.75) is 6.54 Å². The molecule has 0 fully saturated rings. The predicted molar refractivity (Wildman–Crippen MR) is 85.4 cm³/mol. The molecule has 3 N–H and O–H groups in total. The van der Waals surface area contributed by atoms with Crippen LogP contribution in [0.1, 0.15) is 0 Å². The van der Waals surface area contributed by atoms with Crippen molar-refractivity contribution in [1.29, 1.82) is 0 Å². The van der Waals surface area contributed by atoms with Crippen LogP contribution in [0.25, 0.3) is 10.9 Å². The van der Waals surface area contributed by atoms with Crippen LogP contribution in [0.2, 0.25) is 0 Å². The number of benzene rings is 2. The van der Waals surface area contributed by atoms with Gasteiger partial charge in [-0.25, -0.2) is 9.37 Å². The van der Waals surface area contributed by atoms with Crippen LogP contribution in [0.3, 0.4) is 0 Å². The zero-order valence-corrected chi connectivity index (χ0v) is 12.0. The molecule has 0 aliphatic rings. The van der Waals surface area contributed by atoms with Gasteiger partial charge in [-0.05, 0) is 30.3 Å². The molecule has 7 heteroatoms. The Morgan fingerprint density at radius 2 is 2.04 bits per heavy atom. The molecule has 2 aromatic carbocycles. The lowest BCUT2D eigenvalue weighted by Gasteiger charge is -2.08. The summed E-state index contributed by atoms with van der Waals surface area (Å²) in [5, 5.41) is 2.74. The van der Waals surface area contributed by atoms with E-state index in [9.17, 15) is 14.0 Å². The van der Waals surface area contributed by atoms with Gasteiger partial charge in [0.1, 0.15) is 12.4 Å². The van der Waals surface area contributed by atoms with Crippen LogP contribution in [0.5, 0.6) is 0 Å². The first-order chi connectivity index (χ1) is 11.0. The Labute approximate surface area is 130 Å². The molecule has 0 unspecified atom stereocenters. The number of halogens is 1. The summed E-state index contributed by atoms with van der Waals surface area (Å²) in [7, 11) is 0. The molecule has 6 nitrogen and oxygen atoms in total. The van der Waals surface area contributed by atoms with Crippen molar-refractivity contribution in [1.82, 2.24) is 9.55 Å². The number of para-hydroxylation sites is 1. The van der Waals surface area contributed by atoms with Gasteiger partial charge < -0.3 is 11.1 Å². The SMILES string of the molecule is Nc1ccc2ncn(CC(=O)Nc3ccccc3F)c(=O)c2c1. The van der Waals surface area contributed by atoms with Crippen LogP contribution in [-0.4, -0.2) is 15.5 Å². The monoisotopic (exact) mass is 312 g/mol. The number of nitrogens with zero attached hydrogens (tertiary/aromatic N) is 2. The molecule has 3 rings (SSSR count). The number of amides is 1. The zero-order valence-electron chi connectivity index (χ0n) is 12.0. The van der Waals surface area contributed by atoms with E-state index < -0.39 is 11.7 Å². The molecule has 23 heavy (non-hydrogen) atoms. The van der Waals surface area contributed by atoms with Crippen LogP contribution in [0.4, 0.5) is 15.8 Å². The fraction of sp³-hybridized carbons (Fsp3) is 0.0625. The summed E-state index contributed by atoms with van der Waals surface area (Å²) in [6, 6.07) is 10.6. The van der Waals surface area contributed by atoms with Crippen LogP contribution >= 0.6 is 0 Å². The highest BCUT2D eigenvalue weighted by Crippen LogP contribution is 2.13. The third kappa shape index (κ3) is 3.03. The first kappa shape index (κ1) is 14.7. The van der Waals surface area contributed by atoms with Crippen molar-refractivity contribution in [2.75, 3.05) is 11.1 Å². The van der Waals surface area contributed by atoms with Crippen molar-refractivity contribution in [3.63, 3.8) is 0 Å². The summed E-state index contributed by atoms with van der Waals surface area (Å²) < 4.78 is 14.7. The van der Waals surface area contributed by atoms with Crippen molar-refractivity contribution in [3.8, 4) is 0 Å². The van der Waals surface area contributed by atoms with E-state index in [4.69, 9.17) is 5.73 Å². The molecule has 0 saturated carbocycles. The fourth-order valence-corrected chi connectivity index (χ4v) is 2.20. The Kier molecular flexibility index (Phi) is 3.76. The van der Waals surface area contributed by atoms with Gasteiger partial charge in [0.05, 0.1) is 22.9 Å². The molecule has 116 valence electrons.